The monoisotopic (exact) mass is 290 g/mol. The summed E-state index contributed by atoms with van der Waals surface area (Å²) in [5, 5.41) is 2.64. The van der Waals surface area contributed by atoms with E-state index in [0.29, 0.717) is 12.0 Å². The summed E-state index contributed by atoms with van der Waals surface area (Å²) < 4.78 is 5.32. The number of carbonyl (C=O) groups is 2. The molecule has 1 heterocycles. The van der Waals surface area contributed by atoms with Gasteiger partial charge < -0.3 is 15.0 Å². The SMILES string of the molecule is CCCC(=O)NCC(=O)c1ccc(N2CCOCC2)cc1. The van der Waals surface area contributed by atoms with Gasteiger partial charge in [-0.2, -0.15) is 0 Å². The zero-order valence-electron chi connectivity index (χ0n) is 12.4. The lowest BCUT2D eigenvalue weighted by Gasteiger charge is -2.28. The van der Waals surface area contributed by atoms with E-state index in [1.54, 1.807) is 0 Å². The Kier molecular flexibility index (Phi) is 5.75. The Hall–Kier alpha value is -1.88. The van der Waals surface area contributed by atoms with E-state index in [1.807, 2.05) is 31.2 Å². The number of Topliss-reactive ketones (excluding diaryl/α,β-unsaturated/α-hetero) is 1. The molecule has 2 rings (SSSR count). The number of hydrogen-bond donors (Lipinski definition) is 1. The van der Waals surface area contributed by atoms with Crippen LogP contribution in [-0.2, 0) is 9.53 Å². The number of carbonyl (C=O) groups excluding carboxylic acids is 2. The fourth-order valence-electron chi connectivity index (χ4n) is 2.28. The third kappa shape index (κ3) is 4.56. The van der Waals surface area contributed by atoms with Crippen LogP contribution in [0.15, 0.2) is 24.3 Å². The second kappa shape index (κ2) is 7.78. The number of benzene rings is 1. The molecule has 5 heteroatoms. The number of amides is 1. The maximum absolute atomic E-state index is 12.0. The molecule has 1 aliphatic heterocycles. The van der Waals surface area contributed by atoms with Crippen LogP contribution in [0.4, 0.5) is 5.69 Å². The average molecular weight is 290 g/mol. The molecule has 0 saturated carbocycles. The molecule has 0 atom stereocenters. The topological polar surface area (TPSA) is 58.6 Å². The van der Waals surface area contributed by atoms with Crippen molar-refractivity contribution in [3.8, 4) is 0 Å². The number of rotatable bonds is 6. The smallest absolute Gasteiger partial charge is 0.220 e. The van der Waals surface area contributed by atoms with Gasteiger partial charge >= 0.3 is 0 Å². The van der Waals surface area contributed by atoms with Crippen molar-refractivity contribution in [3.63, 3.8) is 0 Å². The molecule has 1 aliphatic rings. The first-order valence-corrected chi connectivity index (χ1v) is 7.43. The van der Waals surface area contributed by atoms with Crippen molar-refractivity contribution < 1.29 is 14.3 Å². The summed E-state index contributed by atoms with van der Waals surface area (Å²) in [6, 6.07) is 7.54. The number of nitrogens with zero attached hydrogens (tertiary/aromatic N) is 1. The minimum absolute atomic E-state index is 0.0621. The normalized spacial score (nSPS) is 14.8. The first-order chi connectivity index (χ1) is 10.2. The molecular formula is C16H22N2O3. The van der Waals surface area contributed by atoms with Crippen LogP contribution in [-0.4, -0.2) is 44.5 Å². The summed E-state index contributed by atoms with van der Waals surface area (Å²) in [4.78, 5) is 25.6. The molecule has 0 aliphatic carbocycles. The minimum Gasteiger partial charge on any atom is -0.378 e. The van der Waals surface area contributed by atoms with Gasteiger partial charge in [-0.1, -0.05) is 6.92 Å². The third-order valence-corrected chi connectivity index (χ3v) is 3.49. The maximum atomic E-state index is 12.0. The van der Waals surface area contributed by atoms with E-state index < -0.39 is 0 Å². The van der Waals surface area contributed by atoms with Crippen molar-refractivity contribution in [1.29, 1.82) is 0 Å². The number of morpholine rings is 1. The zero-order chi connectivity index (χ0) is 15.1. The van der Waals surface area contributed by atoms with Gasteiger partial charge in [-0.15, -0.1) is 0 Å². The molecule has 1 aromatic rings. The van der Waals surface area contributed by atoms with Crippen LogP contribution in [0.5, 0.6) is 0 Å². The lowest BCUT2D eigenvalue weighted by molar-refractivity contribution is -0.120. The molecule has 1 amide bonds. The highest BCUT2D eigenvalue weighted by Gasteiger charge is 2.12. The third-order valence-electron chi connectivity index (χ3n) is 3.49. The zero-order valence-corrected chi connectivity index (χ0v) is 12.4. The van der Waals surface area contributed by atoms with Gasteiger partial charge in [0.1, 0.15) is 0 Å². The van der Waals surface area contributed by atoms with E-state index in [4.69, 9.17) is 4.74 Å². The Morgan fingerprint density at radius 1 is 1.19 bits per heavy atom. The minimum atomic E-state index is -0.0733. The number of hydrogen-bond acceptors (Lipinski definition) is 4. The fourth-order valence-corrected chi connectivity index (χ4v) is 2.28. The summed E-state index contributed by atoms with van der Waals surface area (Å²) in [5.41, 5.74) is 1.73. The van der Waals surface area contributed by atoms with Crippen molar-refractivity contribution in [2.24, 2.45) is 0 Å². The summed E-state index contributed by atoms with van der Waals surface area (Å²) in [5.74, 6) is -0.135. The predicted molar refractivity (Wildman–Crippen MR) is 81.7 cm³/mol. The van der Waals surface area contributed by atoms with Gasteiger partial charge in [0.25, 0.3) is 0 Å². The largest absolute Gasteiger partial charge is 0.378 e. The molecule has 1 fully saturated rings. The van der Waals surface area contributed by atoms with E-state index in [2.05, 4.69) is 10.2 Å². The molecule has 0 radical (unpaired) electrons. The van der Waals surface area contributed by atoms with Crippen LogP contribution >= 0.6 is 0 Å². The Bertz CT molecular complexity index is 479. The molecule has 0 spiro atoms. The van der Waals surface area contributed by atoms with Crippen LogP contribution in [0.1, 0.15) is 30.1 Å². The van der Waals surface area contributed by atoms with Gasteiger partial charge in [-0.25, -0.2) is 0 Å². The standard InChI is InChI=1S/C16H22N2O3/c1-2-3-16(20)17-12-15(19)13-4-6-14(7-5-13)18-8-10-21-11-9-18/h4-7H,2-3,8-12H2,1H3,(H,17,20). The van der Waals surface area contributed by atoms with Gasteiger partial charge in [0.05, 0.1) is 19.8 Å². The predicted octanol–water partition coefficient (Wildman–Crippen LogP) is 1.62. The quantitative estimate of drug-likeness (QED) is 0.809. The van der Waals surface area contributed by atoms with Crippen LogP contribution in [0, 0.1) is 0 Å². The van der Waals surface area contributed by atoms with Crippen molar-refractivity contribution in [2.45, 2.75) is 19.8 Å². The Morgan fingerprint density at radius 3 is 2.48 bits per heavy atom. The average Bonchev–Trinajstić information content (AvgIpc) is 2.54. The fraction of sp³-hybridized carbons (Fsp3) is 0.500. The number of anilines is 1. The molecule has 0 bridgehead atoms. The van der Waals surface area contributed by atoms with Crippen LogP contribution in [0.3, 0.4) is 0 Å². The first-order valence-electron chi connectivity index (χ1n) is 7.43. The number of nitrogens with one attached hydrogen (secondary N) is 1. The summed E-state index contributed by atoms with van der Waals surface area (Å²) in [6.07, 6.45) is 1.25. The Morgan fingerprint density at radius 2 is 1.86 bits per heavy atom. The van der Waals surface area contributed by atoms with Crippen LogP contribution in [0.2, 0.25) is 0 Å². The van der Waals surface area contributed by atoms with Crippen molar-refractivity contribution in [2.75, 3.05) is 37.7 Å². The number of ether oxygens (including phenoxy) is 1. The highest BCUT2D eigenvalue weighted by Crippen LogP contribution is 2.16. The van der Waals surface area contributed by atoms with Gasteiger partial charge in [-0.05, 0) is 30.7 Å². The van der Waals surface area contributed by atoms with Crippen LogP contribution < -0.4 is 10.2 Å². The second-order valence-electron chi connectivity index (χ2n) is 5.10. The van der Waals surface area contributed by atoms with E-state index in [9.17, 15) is 9.59 Å². The molecule has 1 saturated heterocycles. The molecule has 1 N–H and O–H groups in total. The van der Waals surface area contributed by atoms with Crippen LogP contribution in [0.25, 0.3) is 0 Å². The molecule has 1 aromatic carbocycles. The Balaban J connectivity index is 1.88. The molecular weight excluding hydrogens is 268 g/mol. The number of ketones is 1. The van der Waals surface area contributed by atoms with Crippen molar-refractivity contribution >= 4 is 17.4 Å². The van der Waals surface area contributed by atoms with Crippen molar-refractivity contribution in [1.82, 2.24) is 5.32 Å². The van der Waals surface area contributed by atoms with E-state index in [0.717, 1.165) is 38.4 Å². The summed E-state index contributed by atoms with van der Waals surface area (Å²) >= 11 is 0. The second-order valence-corrected chi connectivity index (χ2v) is 5.10. The maximum Gasteiger partial charge on any atom is 0.220 e. The molecule has 21 heavy (non-hydrogen) atoms. The van der Waals surface area contributed by atoms with E-state index >= 15 is 0 Å². The lowest BCUT2D eigenvalue weighted by Crippen LogP contribution is -2.36. The van der Waals surface area contributed by atoms with E-state index in [1.165, 1.54) is 0 Å². The van der Waals surface area contributed by atoms with Gasteiger partial charge in [0, 0.05) is 30.8 Å². The summed E-state index contributed by atoms with van der Waals surface area (Å²) in [6.45, 7) is 5.23. The molecule has 0 unspecified atom stereocenters. The van der Waals surface area contributed by atoms with Crippen molar-refractivity contribution in [3.05, 3.63) is 29.8 Å². The van der Waals surface area contributed by atoms with Gasteiger partial charge in [-0.3, -0.25) is 9.59 Å². The highest BCUT2D eigenvalue weighted by atomic mass is 16.5. The van der Waals surface area contributed by atoms with E-state index in [-0.39, 0.29) is 18.2 Å². The van der Waals surface area contributed by atoms with Gasteiger partial charge in [0.15, 0.2) is 5.78 Å². The summed E-state index contributed by atoms with van der Waals surface area (Å²) in [7, 11) is 0. The molecule has 0 aromatic heterocycles. The highest BCUT2D eigenvalue weighted by molar-refractivity contribution is 5.99. The Labute approximate surface area is 125 Å². The van der Waals surface area contributed by atoms with Gasteiger partial charge in [0.2, 0.25) is 5.91 Å². The molecule has 5 nitrogen and oxygen atoms in total. The molecule has 114 valence electrons. The first kappa shape index (κ1) is 15.5. The lowest BCUT2D eigenvalue weighted by atomic mass is 10.1.